The zero-order valence-corrected chi connectivity index (χ0v) is 26.6. The van der Waals surface area contributed by atoms with Crippen LogP contribution in [0.4, 0.5) is 90.4 Å². The fraction of sp³-hybridized carbons (Fsp3) is 0.355. The maximum atomic E-state index is 14.7. The van der Waals surface area contributed by atoms with Crippen LogP contribution in [0.2, 0.25) is 0 Å². The number of aliphatic imine (C=N–C) groups is 2. The number of nitrogens with zero attached hydrogens (tertiary/aromatic N) is 2. The number of ether oxygens (including phenoxy) is 3. The van der Waals surface area contributed by atoms with Crippen molar-refractivity contribution in [3.8, 4) is 11.5 Å². The maximum Gasteiger partial charge on any atom is 0.442 e. The van der Waals surface area contributed by atoms with E-state index in [0.29, 0.717) is 37.3 Å². The molecule has 0 fully saturated rings. The van der Waals surface area contributed by atoms with Crippen molar-refractivity contribution in [2.45, 2.75) is 67.7 Å². The van der Waals surface area contributed by atoms with E-state index in [1.165, 1.54) is 0 Å². The third-order valence-electron chi connectivity index (χ3n) is 8.14. The molecule has 0 radical (unpaired) electrons. The summed E-state index contributed by atoms with van der Waals surface area (Å²) < 4.78 is 268. The molecular formula is C31H16F18N2O4. The summed E-state index contributed by atoms with van der Waals surface area (Å²) in [6, 6.07) is 2.40. The minimum absolute atomic E-state index is 0.0661. The zero-order chi connectivity index (χ0) is 41.8. The van der Waals surface area contributed by atoms with Crippen LogP contribution < -0.4 is 4.74 Å². The summed E-state index contributed by atoms with van der Waals surface area (Å²) in [6.45, 7) is 1.44. The third-order valence-corrected chi connectivity index (χ3v) is 8.14. The Morgan fingerprint density at radius 2 is 0.964 bits per heavy atom. The lowest BCUT2D eigenvalue weighted by molar-refractivity contribution is -0.376. The van der Waals surface area contributed by atoms with Crippen molar-refractivity contribution in [2.24, 2.45) is 9.98 Å². The van der Waals surface area contributed by atoms with E-state index in [1.54, 1.807) is 0 Å². The predicted molar refractivity (Wildman–Crippen MR) is 149 cm³/mol. The molecule has 3 aromatic rings. The molecule has 2 heterocycles. The molecule has 0 aromatic heterocycles. The van der Waals surface area contributed by atoms with E-state index in [0.717, 1.165) is 6.92 Å². The molecule has 2 aliphatic heterocycles. The van der Waals surface area contributed by atoms with Crippen LogP contribution in [0.5, 0.6) is 11.5 Å². The standard InChI is InChI=1S/C31H16F18N2O4/c1-12-7-14(9-15(8-12)23(52,26(32,33)34)27(35,36)37)22-51-21-6-4-17(11-19(21)25(55-22,30(44,45)46)31(47,48)49)53-16-3-5-20-18(10-16)24(28(38,39)40,29(41,42)43)54-13(2)50-20/h3-11,52H,1-2H3. The first-order valence-electron chi connectivity index (χ1n) is 14.5. The Morgan fingerprint density at radius 3 is 1.38 bits per heavy atom. The average Bonchev–Trinajstić information content (AvgIpc) is 2.99. The van der Waals surface area contributed by atoms with Crippen LogP contribution in [0.1, 0.15) is 34.7 Å². The predicted octanol–water partition coefficient (Wildman–Crippen LogP) is 10.9. The van der Waals surface area contributed by atoms with Crippen molar-refractivity contribution in [3.63, 3.8) is 0 Å². The zero-order valence-electron chi connectivity index (χ0n) is 26.6. The molecule has 2 aliphatic rings. The summed E-state index contributed by atoms with van der Waals surface area (Å²) >= 11 is 0. The smallest absolute Gasteiger partial charge is 0.442 e. The second-order valence-electron chi connectivity index (χ2n) is 11.9. The largest absolute Gasteiger partial charge is 0.457 e. The summed E-state index contributed by atoms with van der Waals surface area (Å²) in [5.41, 5.74) is -26.4. The quantitative estimate of drug-likeness (QED) is 0.266. The van der Waals surface area contributed by atoms with Gasteiger partial charge in [0.1, 0.15) is 11.5 Å². The molecule has 5 rings (SSSR count). The van der Waals surface area contributed by atoms with Crippen molar-refractivity contribution in [1.82, 2.24) is 0 Å². The molecule has 0 unspecified atom stereocenters. The molecule has 0 amide bonds. The Labute approximate surface area is 293 Å². The van der Waals surface area contributed by atoms with Crippen LogP contribution in [0.3, 0.4) is 0 Å². The lowest BCUT2D eigenvalue weighted by atomic mass is 9.87. The number of aliphatic hydroxyl groups is 1. The number of hydrogen-bond acceptors (Lipinski definition) is 6. The van der Waals surface area contributed by atoms with E-state index in [9.17, 15) is 84.1 Å². The fourth-order valence-electron chi connectivity index (χ4n) is 5.74. The first-order chi connectivity index (χ1) is 24.7. The molecule has 1 N–H and O–H groups in total. The van der Waals surface area contributed by atoms with Gasteiger partial charge in [-0.3, -0.25) is 0 Å². The molecule has 0 saturated heterocycles. The van der Waals surface area contributed by atoms with Gasteiger partial charge in [-0.15, -0.1) is 0 Å². The first kappa shape index (κ1) is 41.3. The van der Waals surface area contributed by atoms with E-state index in [4.69, 9.17) is 4.74 Å². The van der Waals surface area contributed by atoms with E-state index in [2.05, 4.69) is 19.5 Å². The molecule has 6 nitrogen and oxygen atoms in total. The van der Waals surface area contributed by atoms with Crippen LogP contribution in [-0.2, 0) is 26.3 Å². The minimum atomic E-state index is -6.61. The van der Waals surface area contributed by atoms with E-state index >= 15 is 0 Å². The fourth-order valence-corrected chi connectivity index (χ4v) is 5.74. The molecule has 0 bridgehead atoms. The molecule has 0 atom stereocenters. The lowest BCUT2D eigenvalue weighted by Gasteiger charge is -2.41. The summed E-state index contributed by atoms with van der Waals surface area (Å²) in [4.78, 5) is 6.89. The minimum Gasteiger partial charge on any atom is -0.457 e. The van der Waals surface area contributed by atoms with Gasteiger partial charge in [-0.1, -0.05) is 6.07 Å². The summed E-state index contributed by atoms with van der Waals surface area (Å²) in [7, 11) is 0. The van der Waals surface area contributed by atoms with Crippen LogP contribution in [-0.4, -0.2) is 54.0 Å². The Morgan fingerprint density at radius 1 is 0.545 bits per heavy atom. The first-order valence-corrected chi connectivity index (χ1v) is 14.5. The van der Waals surface area contributed by atoms with Gasteiger partial charge in [0, 0.05) is 29.2 Å². The van der Waals surface area contributed by atoms with Gasteiger partial charge < -0.3 is 19.3 Å². The summed E-state index contributed by atoms with van der Waals surface area (Å²) in [5, 5.41) is 9.83. The number of hydrogen-bond donors (Lipinski definition) is 1. The molecule has 0 spiro atoms. The monoisotopic (exact) mass is 822 g/mol. The lowest BCUT2D eigenvalue weighted by Crippen LogP contribution is -2.58. The molecule has 3 aromatic carbocycles. The van der Waals surface area contributed by atoms with Gasteiger partial charge in [0.25, 0.3) is 5.60 Å². The molecule has 0 saturated carbocycles. The average molecular weight is 822 g/mol. The van der Waals surface area contributed by atoms with Gasteiger partial charge >= 0.3 is 48.3 Å². The normalized spacial score (nSPS) is 17.6. The van der Waals surface area contributed by atoms with E-state index < -0.39 is 116 Å². The van der Waals surface area contributed by atoms with Crippen LogP contribution in [0.15, 0.2) is 64.6 Å². The number of benzene rings is 3. The van der Waals surface area contributed by atoms with Crippen molar-refractivity contribution in [3.05, 3.63) is 82.4 Å². The van der Waals surface area contributed by atoms with Gasteiger partial charge in [0.15, 0.2) is 5.90 Å². The highest BCUT2D eigenvalue weighted by Crippen LogP contribution is 2.60. The third kappa shape index (κ3) is 6.34. The number of alkyl halides is 18. The van der Waals surface area contributed by atoms with Gasteiger partial charge in [0.2, 0.25) is 5.90 Å². The number of fused-ring (bicyclic) bond motifs is 2. The van der Waals surface area contributed by atoms with Gasteiger partial charge in [-0.25, -0.2) is 9.98 Å². The summed E-state index contributed by atoms with van der Waals surface area (Å²) in [6.07, 6.45) is -38.7. The number of rotatable bonds is 4. The van der Waals surface area contributed by atoms with Crippen molar-refractivity contribution < 1.29 is 98.3 Å². The van der Waals surface area contributed by atoms with Gasteiger partial charge in [-0.2, -0.15) is 79.0 Å². The highest BCUT2D eigenvalue weighted by Gasteiger charge is 2.78. The molecular weight excluding hydrogens is 806 g/mol. The van der Waals surface area contributed by atoms with Gasteiger partial charge in [-0.05, 0) is 61.0 Å². The Balaban J connectivity index is 1.70. The van der Waals surface area contributed by atoms with Crippen LogP contribution in [0, 0.1) is 6.92 Å². The van der Waals surface area contributed by atoms with Crippen molar-refractivity contribution >= 4 is 23.2 Å². The SMILES string of the molecule is CC1=Nc2ccc(Oc3ccc4c(c3)C(C(F)(F)F)(C(F)(F)F)OC(c3cc(C)cc(C(O)(C(F)(F)F)C(F)(F)F)c3)=N4)cc2C(C(F)(F)F)(C(F)(F)F)O1. The van der Waals surface area contributed by atoms with E-state index in [-0.39, 0.29) is 24.3 Å². The van der Waals surface area contributed by atoms with Crippen molar-refractivity contribution in [2.75, 3.05) is 0 Å². The molecule has 55 heavy (non-hydrogen) atoms. The molecule has 300 valence electrons. The second-order valence-corrected chi connectivity index (χ2v) is 11.9. The summed E-state index contributed by atoms with van der Waals surface area (Å²) in [5.74, 6) is -5.07. The maximum absolute atomic E-state index is 14.7. The number of aryl methyl sites for hydroxylation is 1. The van der Waals surface area contributed by atoms with E-state index in [1.807, 2.05) is 0 Å². The highest BCUT2D eigenvalue weighted by molar-refractivity contribution is 5.98. The number of halogens is 18. The Bertz CT molecular complexity index is 2030. The topological polar surface area (TPSA) is 72.6 Å². The van der Waals surface area contributed by atoms with Crippen molar-refractivity contribution in [1.29, 1.82) is 0 Å². The Kier molecular flexibility index (Phi) is 9.23. The molecule has 0 aliphatic carbocycles. The second kappa shape index (κ2) is 12.3. The highest BCUT2D eigenvalue weighted by atomic mass is 19.4. The Hall–Kier alpha value is -4.90. The molecule has 24 heteroatoms. The van der Waals surface area contributed by atoms with Crippen LogP contribution >= 0.6 is 0 Å². The van der Waals surface area contributed by atoms with Crippen LogP contribution in [0.25, 0.3) is 0 Å². The van der Waals surface area contributed by atoms with Gasteiger partial charge in [0.05, 0.1) is 11.4 Å².